The fourth-order valence-electron chi connectivity index (χ4n) is 5.47. The highest BCUT2D eigenvalue weighted by atomic mass is 32.1. The molecule has 0 spiro atoms. The molecule has 1 saturated carbocycles. The lowest BCUT2D eigenvalue weighted by atomic mass is 9.85. The molecule has 1 aromatic heterocycles. The van der Waals surface area contributed by atoms with Crippen LogP contribution in [-0.2, 0) is 20.9 Å². The first kappa shape index (κ1) is 22.2. The van der Waals surface area contributed by atoms with E-state index in [1.165, 1.54) is 13.5 Å². The maximum atomic E-state index is 13.8. The fraction of sp³-hybridized carbons (Fsp3) is 0.520. The Morgan fingerprint density at radius 1 is 1.15 bits per heavy atom. The number of carbonyl (C=O) groups is 2. The zero-order valence-corrected chi connectivity index (χ0v) is 19.7. The standard InChI is InChI=1S/C25H30N2O5S/c1-30-25(29)21-13-17-5-2-3-7-20(17)27(21)16-24(28)26(15-19-6-4-12-33-19)18-8-9-22-23(14-18)32-11-10-31-22/h4,6,8-9,12,14,17,20-21H,2-3,5,7,10-11,13,15-16H2,1H3. The van der Waals surface area contributed by atoms with E-state index in [1.807, 2.05) is 35.7 Å². The van der Waals surface area contributed by atoms with Gasteiger partial charge in [-0.2, -0.15) is 0 Å². The zero-order valence-electron chi connectivity index (χ0n) is 18.9. The Bertz CT molecular complexity index is 995. The number of carbonyl (C=O) groups excluding carboxylic acids is 2. The van der Waals surface area contributed by atoms with Crippen molar-refractivity contribution in [1.82, 2.24) is 4.90 Å². The maximum absolute atomic E-state index is 13.8. The molecule has 3 unspecified atom stereocenters. The average Bonchev–Trinajstić information content (AvgIpc) is 3.50. The zero-order chi connectivity index (χ0) is 22.8. The van der Waals surface area contributed by atoms with Crippen LogP contribution in [0, 0.1) is 5.92 Å². The van der Waals surface area contributed by atoms with Crippen molar-refractivity contribution in [2.45, 2.75) is 50.7 Å². The molecule has 1 saturated heterocycles. The topological polar surface area (TPSA) is 68.3 Å². The lowest BCUT2D eigenvalue weighted by Gasteiger charge is -2.34. The predicted octanol–water partition coefficient (Wildman–Crippen LogP) is 3.86. The summed E-state index contributed by atoms with van der Waals surface area (Å²) in [4.78, 5) is 31.4. The smallest absolute Gasteiger partial charge is 0.323 e. The fourth-order valence-corrected chi connectivity index (χ4v) is 6.16. The number of thiophene rings is 1. The Kier molecular flexibility index (Phi) is 6.55. The minimum Gasteiger partial charge on any atom is -0.486 e. The van der Waals surface area contributed by atoms with Crippen LogP contribution < -0.4 is 14.4 Å². The number of benzene rings is 1. The summed E-state index contributed by atoms with van der Waals surface area (Å²) in [7, 11) is 1.43. The van der Waals surface area contributed by atoms with Crippen LogP contribution in [0.4, 0.5) is 5.69 Å². The van der Waals surface area contributed by atoms with Gasteiger partial charge in [-0.3, -0.25) is 14.5 Å². The molecule has 5 rings (SSSR count). The van der Waals surface area contributed by atoms with E-state index in [1.54, 1.807) is 16.2 Å². The van der Waals surface area contributed by atoms with Gasteiger partial charge in [0.15, 0.2) is 11.5 Å². The largest absolute Gasteiger partial charge is 0.486 e. The van der Waals surface area contributed by atoms with Gasteiger partial charge in [0.25, 0.3) is 0 Å². The van der Waals surface area contributed by atoms with Crippen LogP contribution in [0.3, 0.4) is 0 Å². The molecular formula is C25H30N2O5S. The van der Waals surface area contributed by atoms with Gasteiger partial charge in [-0.15, -0.1) is 11.3 Å². The van der Waals surface area contributed by atoms with Gasteiger partial charge < -0.3 is 19.1 Å². The van der Waals surface area contributed by atoms with Crippen molar-refractivity contribution in [3.63, 3.8) is 0 Å². The number of esters is 1. The van der Waals surface area contributed by atoms with Crippen LogP contribution in [-0.4, -0.2) is 55.7 Å². The molecule has 3 aliphatic rings. The van der Waals surface area contributed by atoms with E-state index in [0.717, 1.165) is 36.2 Å². The first-order chi connectivity index (χ1) is 16.1. The van der Waals surface area contributed by atoms with Gasteiger partial charge in [0.2, 0.25) is 5.91 Å². The summed E-state index contributed by atoms with van der Waals surface area (Å²) in [5, 5.41) is 2.02. The van der Waals surface area contributed by atoms with Gasteiger partial charge in [0.05, 0.1) is 20.2 Å². The van der Waals surface area contributed by atoms with E-state index in [0.29, 0.717) is 37.2 Å². The van der Waals surface area contributed by atoms with Gasteiger partial charge in [-0.1, -0.05) is 18.9 Å². The van der Waals surface area contributed by atoms with Crippen molar-refractivity contribution < 1.29 is 23.8 Å². The number of ether oxygens (including phenoxy) is 3. The normalized spacial score (nSPS) is 24.2. The number of fused-ring (bicyclic) bond motifs is 2. The Hall–Kier alpha value is -2.58. The number of amides is 1. The first-order valence-electron chi connectivity index (χ1n) is 11.7. The van der Waals surface area contributed by atoms with Crippen LogP contribution in [0.5, 0.6) is 11.5 Å². The molecular weight excluding hydrogens is 440 g/mol. The molecule has 0 radical (unpaired) electrons. The monoisotopic (exact) mass is 470 g/mol. The van der Waals surface area contributed by atoms with E-state index in [2.05, 4.69) is 4.90 Å². The van der Waals surface area contributed by atoms with Crippen molar-refractivity contribution in [1.29, 1.82) is 0 Å². The number of methoxy groups -OCH3 is 1. The Balaban J connectivity index is 1.42. The summed E-state index contributed by atoms with van der Waals surface area (Å²) in [5.41, 5.74) is 0.770. The van der Waals surface area contributed by atoms with Gasteiger partial charge in [-0.05, 0) is 48.8 Å². The molecule has 2 aromatic rings. The molecule has 8 heteroatoms. The second-order valence-corrected chi connectivity index (χ2v) is 9.98. The highest BCUT2D eigenvalue weighted by Gasteiger charge is 2.46. The van der Waals surface area contributed by atoms with Crippen molar-refractivity contribution in [2.75, 3.05) is 31.8 Å². The lowest BCUT2D eigenvalue weighted by Crippen LogP contribution is -2.48. The molecule has 1 aliphatic carbocycles. The van der Waals surface area contributed by atoms with Crippen LogP contribution in [0.15, 0.2) is 35.7 Å². The summed E-state index contributed by atoms with van der Waals surface area (Å²) in [5.74, 6) is 1.55. The second kappa shape index (κ2) is 9.73. The molecule has 2 aliphatic heterocycles. The predicted molar refractivity (Wildman–Crippen MR) is 126 cm³/mol. The molecule has 3 heterocycles. The Morgan fingerprint density at radius 3 is 2.76 bits per heavy atom. The van der Waals surface area contributed by atoms with Crippen molar-refractivity contribution in [2.24, 2.45) is 5.92 Å². The maximum Gasteiger partial charge on any atom is 0.323 e. The highest BCUT2D eigenvalue weighted by Crippen LogP contribution is 2.40. The third-order valence-corrected chi connectivity index (χ3v) is 7.91. The quantitative estimate of drug-likeness (QED) is 0.598. The summed E-state index contributed by atoms with van der Waals surface area (Å²) in [6.45, 7) is 1.69. The third kappa shape index (κ3) is 4.59. The summed E-state index contributed by atoms with van der Waals surface area (Å²) in [6.07, 6.45) is 5.25. The number of anilines is 1. The number of hydrogen-bond donors (Lipinski definition) is 0. The van der Waals surface area contributed by atoms with Crippen molar-refractivity contribution in [3.05, 3.63) is 40.6 Å². The highest BCUT2D eigenvalue weighted by molar-refractivity contribution is 7.09. The number of rotatable bonds is 6. The molecule has 2 fully saturated rings. The molecule has 0 bridgehead atoms. The molecule has 1 aromatic carbocycles. The number of nitrogens with zero attached hydrogens (tertiary/aromatic N) is 2. The van der Waals surface area contributed by atoms with Crippen molar-refractivity contribution in [3.8, 4) is 11.5 Å². The van der Waals surface area contributed by atoms with Gasteiger partial charge in [0.1, 0.15) is 19.3 Å². The Morgan fingerprint density at radius 2 is 1.97 bits per heavy atom. The third-order valence-electron chi connectivity index (χ3n) is 7.04. The van der Waals surface area contributed by atoms with Gasteiger partial charge >= 0.3 is 5.97 Å². The van der Waals surface area contributed by atoms with Crippen LogP contribution in [0.2, 0.25) is 0 Å². The first-order valence-corrected chi connectivity index (χ1v) is 12.6. The molecule has 1 amide bonds. The number of hydrogen-bond acceptors (Lipinski definition) is 7. The van der Waals surface area contributed by atoms with Gasteiger partial charge in [-0.25, -0.2) is 0 Å². The Labute approximate surface area is 198 Å². The minimum atomic E-state index is -0.351. The number of likely N-dealkylation sites (tertiary alicyclic amines) is 1. The SMILES string of the molecule is COC(=O)C1CC2CCCCC2N1CC(=O)N(Cc1cccs1)c1ccc2c(c1)OCCO2. The minimum absolute atomic E-state index is 0.0276. The lowest BCUT2D eigenvalue weighted by molar-refractivity contribution is -0.146. The summed E-state index contributed by atoms with van der Waals surface area (Å²) < 4.78 is 16.5. The second-order valence-electron chi connectivity index (χ2n) is 8.95. The molecule has 0 N–H and O–H groups in total. The van der Waals surface area contributed by atoms with E-state index < -0.39 is 0 Å². The molecule has 3 atom stereocenters. The van der Waals surface area contributed by atoms with Crippen LogP contribution in [0.1, 0.15) is 37.0 Å². The molecule has 176 valence electrons. The van der Waals surface area contributed by atoms with E-state index in [-0.39, 0.29) is 30.5 Å². The van der Waals surface area contributed by atoms with Crippen LogP contribution >= 0.6 is 11.3 Å². The van der Waals surface area contributed by atoms with E-state index >= 15 is 0 Å². The van der Waals surface area contributed by atoms with E-state index in [9.17, 15) is 9.59 Å². The molecule has 7 nitrogen and oxygen atoms in total. The van der Waals surface area contributed by atoms with Gasteiger partial charge in [0, 0.05) is 22.7 Å². The summed E-state index contributed by atoms with van der Waals surface area (Å²) >= 11 is 1.62. The average molecular weight is 471 g/mol. The summed E-state index contributed by atoms with van der Waals surface area (Å²) in [6, 6.07) is 9.59. The molecule has 33 heavy (non-hydrogen) atoms. The van der Waals surface area contributed by atoms with E-state index in [4.69, 9.17) is 14.2 Å². The van der Waals surface area contributed by atoms with Crippen molar-refractivity contribution >= 4 is 28.9 Å². The van der Waals surface area contributed by atoms with Crippen LogP contribution in [0.25, 0.3) is 0 Å².